The Kier molecular flexibility index (Phi) is 3.73. The number of fused-ring (bicyclic) bond motifs is 4. The van der Waals surface area contributed by atoms with E-state index in [0.717, 1.165) is 31.7 Å². The Bertz CT molecular complexity index is 1580. The number of hydrogen-bond acceptors (Lipinski definition) is 8. The second kappa shape index (κ2) is 7.39. The number of pyridine rings is 2. The van der Waals surface area contributed by atoms with Gasteiger partial charge in [0.05, 0.1) is 42.0 Å². The van der Waals surface area contributed by atoms with Crippen molar-refractivity contribution in [3.05, 3.63) is 42.4 Å². The van der Waals surface area contributed by atoms with Crippen molar-refractivity contribution in [2.24, 2.45) is 5.73 Å². The van der Waals surface area contributed by atoms with Crippen LogP contribution in [0.15, 0.2) is 41.1 Å². The molecule has 1 saturated carbocycles. The standard InChI is InChI=1S/C26H26N6O3/c1-28-23-18-10-29-22(26(6-7-26)25(27)33)9-17(18)19(11-30-23)24-31-20-8-14(4-5-21(20)35-24)32-15-2-3-16(32)13-34-12-15/h4-5,8-11,15-16H,2-3,6-7,12-13H2,1H3,(H2,27,33)(H,28,30)/i1D3. The number of benzene rings is 1. The molecule has 2 saturated heterocycles. The number of carbonyl (C=O) groups excluding carboxylic acids is 1. The van der Waals surface area contributed by atoms with Gasteiger partial charge in [0.15, 0.2) is 5.58 Å². The molecule has 35 heavy (non-hydrogen) atoms. The molecular formula is C26H26N6O3. The molecule has 9 heteroatoms. The maximum Gasteiger partial charge on any atom is 0.229 e. The normalized spacial score (nSPS) is 24.2. The minimum absolute atomic E-state index is 0.160. The maximum atomic E-state index is 12.2. The molecule has 9 nitrogen and oxygen atoms in total. The van der Waals surface area contributed by atoms with Crippen molar-refractivity contribution in [1.82, 2.24) is 15.0 Å². The average Bonchev–Trinajstić information content (AvgIpc) is 3.53. The summed E-state index contributed by atoms with van der Waals surface area (Å²) in [5.74, 6) is 0.0845. The molecule has 2 unspecified atom stereocenters. The lowest BCUT2D eigenvalue weighted by Crippen LogP contribution is -2.45. The molecule has 178 valence electrons. The molecule has 7 rings (SSSR count). The summed E-state index contributed by atoms with van der Waals surface area (Å²) in [7, 11) is 0. The summed E-state index contributed by atoms with van der Waals surface area (Å²) >= 11 is 0. The highest BCUT2D eigenvalue weighted by Gasteiger charge is 2.51. The van der Waals surface area contributed by atoms with E-state index in [1.165, 1.54) is 12.4 Å². The number of amides is 1. The fourth-order valence-corrected chi connectivity index (χ4v) is 5.66. The largest absolute Gasteiger partial charge is 0.436 e. The molecule has 3 fully saturated rings. The van der Waals surface area contributed by atoms with Crippen molar-refractivity contribution in [1.29, 1.82) is 0 Å². The molecule has 1 amide bonds. The molecular weight excluding hydrogens is 444 g/mol. The highest BCUT2D eigenvalue weighted by Crippen LogP contribution is 2.48. The van der Waals surface area contributed by atoms with Crippen molar-refractivity contribution < 1.29 is 18.1 Å². The number of nitrogens with two attached hydrogens (primary N) is 1. The van der Waals surface area contributed by atoms with Crippen LogP contribution in [-0.2, 0) is 14.9 Å². The lowest BCUT2D eigenvalue weighted by molar-refractivity contribution is -0.120. The predicted octanol–water partition coefficient (Wildman–Crippen LogP) is 3.36. The third-order valence-corrected chi connectivity index (χ3v) is 7.74. The zero-order chi connectivity index (χ0) is 26.2. The fraction of sp³-hybridized carbons (Fsp3) is 0.385. The third kappa shape index (κ3) is 3.04. The third-order valence-electron chi connectivity index (χ3n) is 7.74. The highest BCUT2D eigenvalue weighted by atomic mass is 16.5. The topological polar surface area (TPSA) is 119 Å². The van der Waals surface area contributed by atoms with Gasteiger partial charge in [-0.3, -0.25) is 9.78 Å². The Morgan fingerprint density at radius 1 is 1.17 bits per heavy atom. The van der Waals surface area contributed by atoms with E-state index in [0.29, 0.717) is 63.9 Å². The first kappa shape index (κ1) is 17.7. The van der Waals surface area contributed by atoms with Crippen LogP contribution in [0.1, 0.15) is 35.5 Å². The lowest BCUT2D eigenvalue weighted by atomic mass is 9.98. The molecule has 0 radical (unpaired) electrons. The van der Waals surface area contributed by atoms with Crippen molar-refractivity contribution in [2.75, 3.05) is 30.4 Å². The summed E-state index contributed by atoms with van der Waals surface area (Å²) in [6, 6.07) is 8.54. The highest BCUT2D eigenvalue weighted by molar-refractivity contribution is 6.02. The monoisotopic (exact) mass is 473 g/mol. The fourth-order valence-electron chi connectivity index (χ4n) is 5.66. The average molecular weight is 474 g/mol. The number of rotatable bonds is 5. The molecule has 3 N–H and O–H groups in total. The summed E-state index contributed by atoms with van der Waals surface area (Å²) in [6.45, 7) is -0.982. The molecule has 3 aromatic heterocycles. The summed E-state index contributed by atoms with van der Waals surface area (Å²) in [6.07, 6.45) is 6.55. The number of hydrogen-bond donors (Lipinski definition) is 2. The van der Waals surface area contributed by atoms with E-state index in [1.54, 1.807) is 6.07 Å². The Labute approximate surface area is 205 Å². The van der Waals surface area contributed by atoms with Gasteiger partial charge in [0.2, 0.25) is 11.8 Å². The van der Waals surface area contributed by atoms with Gasteiger partial charge in [0.1, 0.15) is 11.3 Å². The molecule has 2 atom stereocenters. The van der Waals surface area contributed by atoms with Crippen LogP contribution in [0.4, 0.5) is 11.5 Å². The second-order valence-electron chi connectivity index (χ2n) is 9.71. The number of aromatic nitrogens is 3. The van der Waals surface area contributed by atoms with Gasteiger partial charge in [-0.2, -0.15) is 0 Å². The van der Waals surface area contributed by atoms with Crippen molar-refractivity contribution >= 4 is 39.3 Å². The van der Waals surface area contributed by atoms with Crippen molar-refractivity contribution in [3.63, 3.8) is 0 Å². The summed E-state index contributed by atoms with van der Waals surface area (Å²) in [5.41, 5.74) is 8.46. The van der Waals surface area contributed by atoms with Crippen molar-refractivity contribution in [2.45, 2.75) is 43.2 Å². The van der Waals surface area contributed by atoms with E-state index < -0.39 is 18.3 Å². The van der Waals surface area contributed by atoms with Crippen LogP contribution in [0.5, 0.6) is 0 Å². The molecule has 2 aliphatic heterocycles. The molecule has 1 aromatic carbocycles. The summed E-state index contributed by atoms with van der Waals surface area (Å²) in [5, 5.41) is 3.58. The molecule has 2 bridgehead atoms. The Hall–Kier alpha value is -3.72. The van der Waals surface area contributed by atoms with E-state index in [-0.39, 0.29) is 5.82 Å². The van der Waals surface area contributed by atoms with Gasteiger partial charge in [-0.25, -0.2) is 9.97 Å². The number of oxazole rings is 1. The zero-order valence-electron chi connectivity index (χ0n) is 22.0. The second-order valence-corrected chi connectivity index (χ2v) is 9.71. The Morgan fingerprint density at radius 3 is 2.74 bits per heavy atom. The van der Waals surface area contributed by atoms with Gasteiger partial charge in [0, 0.05) is 39.9 Å². The number of nitrogens with one attached hydrogen (secondary N) is 1. The Balaban J connectivity index is 1.35. The number of nitrogens with zero attached hydrogens (tertiary/aromatic N) is 4. The molecule has 4 aromatic rings. The molecule has 0 spiro atoms. The first-order chi connectivity index (χ1) is 18.2. The number of carbonyl (C=O) groups is 1. The minimum atomic E-state index is -2.45. The van der Waals surface area contributed by atoms with E-state index in [9.17, 15) is 4.79 Å². The molecule has 1 aliphatic carbocycles. The summed E-state index contributed by atoms with van der Waals surface area (Å²) < 4.78 is 34.8. The smallest absolute Gasteiger partial charge is 0.229 e. The molecule has 3 aliphatic rings. The van der Waals surface area contributed by atoms with Crippen LogP contribution in [0, 0.1) is 0 Å². The zero-order valence-corrected chi connectivity index (χ0v) is 19.0. The van der Waals surface area contributed by atoms with E-state index in [2.05, 4.69) is 26.3 Å². The van der Waals surface area contributed by atoms with Gasteiger partial charge in [-0.05, 0) is 49.9 Å². The lowest BCUT2D eigenvalue weighted by Gasteiger charge is -2.36. The van der Waals surface area contributed by atoms with Crippen LogP contribution in [0.3, 0.4) is 0 Å². The first-order valence-electron chi connectivity index (χ1n) is 13.4. The number of anilines is 2. The summed E-state index contributed by atoms with van der Waals surface area (Å²) in [4.78, 5) is 28.3. The predicted molar refractivity (Wildman–Crippen MR) is 132 cm³/mol. The van der Waals surface area contributed by atoms with Gasteiger partial charge < -0.3 is 25.1 Å². The Morgan fingerprint density at radius 2 is 2.00 bits per heavy atom. The number of ether oxygens (including phenoxy) is 1. The van der Waals surface area contributed by atoms with E-state index >= 15 is 0 Å². The van der Waals surface area contributed by atoms with Gasteiger partial charge in [-0.1, -0.05) is 0 Å². The maximum absolute atomic E-state index is 12.2. The quantitative estimate of drug-likeness (QED) is 0.453. The number of morpholine rings is 1. The van der Waals surface area contributed by atoms with Crippen molar-refractivity contribution in [3.8, 4) is 11.5 Å². The first-order valence-corrected chi connectivity index (χ1v) is 11.9. The SMILES string of the molecule is [2H]C([2H])([2H])Nc1ncc(-c2nc3cc(N4C5CCC4COC5)ccc3o2)c2cc(C3(C(N)=O)CC3)ncc12. The van der Waals surface area contributed by atoms with E-state index in [4.69, 9.17) is 24.0 Å². The molecule has 5 heterocycles. The van der Waals surface area contributed by atoms with Gasteiger partial charge in [0.25, 0.3) is 0 Å². The van der Waals surface area contributed by atoms with Crippen LogP contribution in [-0.4, -0.2) is 53.1 Å². The van der Waals surface area contributed by atoms with Crippen LogP contribution in [0.2, 0.25) is 0 Å². The van der Waals surface area contributed by atoms with Gasteiger partial charge >= 0.3 is 0 Å². The van der Waals surface area contributed by atoms with Crippen LogP contribution >= 0.6 is 0 Å². The van der Waals surface area contributed by atoms with Gasteiger partial charge in [-0.15, -0.1) is 0 Å². The minimum Gasteiger partial charge on any atom is -0.436 e. The van der Waals surface area contributed by atoms with Crippen LogP contribution < -0.4 is 16.0 Å². The van der Waals surface area contributed by atoms with E-state index in [1.807, 2.05) is 12.1 Å². The van der Waals surface area contributed by atoms with Crippen LogP contribution in [0.25, 0.3) is 33.3 Å². The number of primary amides is 1.